The Morgan fingerprint density at radius 2 is 2.03 bits per heavy atom. The van der Waals surface area contributed by atoms with Crippen LogP contribution < -0.4 is 25.0 Å². The molecule has 186 valence electrons. The molecule has 10 nitrogen and oxygen atoms in total. The van der Waals surface area contributed by atoms with Crippen molar-refractivity contribution in [1.29, 1.82) is 0 Å². The summed E-state index contributed by atoms with van der Waals surface area (Å²) >= 11 is 0. The van der Waals surface area contributed by atoms with Gasteiger partial charge in [0.15, 0.2) is 11.5 Å². The van der Waals surface area contributed by atoms with Crippen molar-refractivity contribution in [1.82, 2.24) is 24.3 Å². The lowest BCUT2D eigenvalue weighted by Crippen LogP contribution is -2.46. The third kappa shape index (κ3) is 4.24. The number of aromatic nitrogens is 4. The summed E-state index contributed by atoms with van der Waals surface area (Å²) in [6, 6.07) is 8.23. The van der Waals surface area contributed by atoms with Crippen LogP contribution in [0.4, 0.5) is 22.9 Å². The molecule has 0 amide bonds. The standard InChI is InChI=1S/C26H30N8O2/c1-3-32-9-11-33(12-10-32)22-5-4-19(15-23(22)35-2)30-24-25-28-6-8-34(25)17-21(31-24)18-14-20-26(29-16-18)36-13-7-27-20/h4-6,8,14-17,27H,3,7,9-13H2,1-2H3,(H,30,31). The van der Waals surface area contributed by atoms with Gasteiger partial charge in [0, 0.05) is 74.8 Å². The minimum atomic E-state index is 0.615. The number of hydrogen-bond acceptors (Lipinski definition) is 9. The molecule has 3 aromatic heterocycles. The van der Waals surface area contributed by atoms with Crippen molar-refractivity contribution in [2.45, 2.75) is 6.92 Å². The number of nitrogens with zero attached hydrogens (tertiary/aromatic N) is 6. The highest BCUT2D eigenvalue weighted by Gasteiger charge is 2.20. The fourth-order valence-corrected chi connectivity index (χ4v) is 4.78. The van der Waals surface area contributed by atoms with E-state index in [0.717, 1.165) is 79.0 Å². The van der Waals surface area contributed by atoms with Crippen molar-refractivity contribution in [3.8, 4) is 22.9 Å². The van der Waals surface area contributed by atoms with Crippen molar-refractivity contribution in [2.75, 3.05) is 68.5 Å². The number of likely N-dealkylation sites (N-methyl/N-ethyl adjacent to an activating group) is 1. The van der Waals surface area contributed by atoms with E-state index in [-0.39, 0.29) is 0 Å². The molecule has 4 aromatic rings. The fraction of sp³-hybridized carbons (Fsp3) is 0.346. The van der Waals surface area contributed by atoms with E-state index in [1.807, 2.05) is 28.9 Å². The van der Waals surface area contributed by atoms with Gasteiger partial charge in [0.2, 0.25) is 5.88 Å². The number of anilines is 4. The van der Waals surface area contributed by atoms with E-state index in [9.17, 15) is 0 Å². The Morgan fingerprint density at radius 1 is 1.14 bits per heavy atom. The summed E-state index contributed by atoms with van der Waals surface area (Å²) < 4.78 is 13.4. The largest absolute Gasteiger partial charge is 0.495 e. The van der Waals surface area contributed by atoms with E-state index in [0.29, 0.717) is 18.3 Å². The number of pyridine rings is 1. The van der Waals surface area contributed by atoms with E-state index in [4.69, 9.17) is 14.5 Å². The van der Waals surface area contributed by atoms with Crippen molar-refractivity contribution < 1.29 is 9.47 Å². The van der Waals surface area contributed by atoms with Crippen LogP contribution in [-0.2, 0) is 0 Å². The number of fused-ring (bicyclic) bond motifs is 2. The highest BCUT2D eigenvalue weighted by Crippen LogP contribution is 2.34. The molecule has 2 N–H and O–H groups in total. The Morgan fingerprint density at radius 3 is 2.86 bits per heavy atom. The summed E-state index contributed by atoms with van der Waals surface area (Å²) in [6.45, 7) is 8.78. The minimum Gasteiger partial charge on any atom is -0.495 e. The molecule has 0 bridgehead atoms. The molecule has 0 unspecified atom stereocenters. The smallest absolute Gasteiger partial charge is 0.237 e. The third-order valence-corrected chi connectivity index (χ3v) is 6.78. The zero-order valence-corrected chi connectivity index (χ0v) is 20.6. The second kappa shape index (κ2) is 9.54. The lowest BCUT2D eigenvalue weighted by molar-refractivity contribution is 0.270. The van der Waals surface area contributed by atoms with E-state index in [2.05, 4.69) is 49.5 Å². The van der Waals surface area contributed by atoms with Crippen molar-refractivity contribution in [3.63, 3.8) is 0 Å². The van der Waals surface area contributed by atoms with E-state index < -0.39 is 0 Å². The summed E-state index contributed by atoms with van der Waals surface area (Å²) in [5, 5.41) is 6.80. The van der Waals surface area contributed by atoms with Gasteiger partial charge in [-0.05, 0) is 24.7 Å². The van der Waals surface area contributed by atoms with Gasteiger partial charge in [-0.15, -0.1) is 0 Å². The van der Waals surface area contributed by atoms with Crippen LogP contribution in [0.15, 0.2) is 49.1 Å². The summed E-state index contributed by atoms with van der Waals surface area (Å²) in [4.78, 5) is 18.8. The molecule has 1 fully saturated rings. The highest BCUT2D eigenvalue weighted by atomic mass is 16.5. The molecular weight excluding hydrogens is 456 g/mol. The van der Waals surface area contributed by atoms with Gasteiger partial charge in [-0.25, -0.2) is 15.0 Å². The first-order valence-corrected chi connectivity index (χ1v) is 12.3. The quantitative estimate of drug-likeness (QED) is 0.425. The fourth-order valence-electron chi connectivity index (χ4n) is 4.78. The summed E-state index contributed by atoms with van der Waals surface area (Å²) in [5.74, 6) is 2.12. The van der Waals surface area contributed by atoms with Crippen LogP contribution in [0.5, 0.6) is 11.6 Å². The van der Waals surface area contributed by atoms with Gasteiger partial charge in [-0.2, -0.15) is 0 Å². The SMILES string of the molecule is CCN1CCN(c2ccc(Nc3nc(-c4cnc5c(c4)NCCO5)cn4ccnc34)cc2OC)CC1. The van der Waals surface area contributed by atoms with Crippen molar-refractivity contribution >= 4 is 28.5 Å². The first-order chi connectivity index (χ1) is 17.7. The number of piperazine rings is 1. The molecule has 1 saturated heterocycles. The molecular formula is C26H30N8O2. The zero-order chi connectivity index (χ0) is 24.5. The molecule has 5 heterocycles. The maximum atomic E-state index is 5.78. The molecule has 0 aliphatic carbocycles. The van der Waals surface area contributed by atoms with Crippen LogP contribution >= 0.6 is 0 Å². The van der Waals surface area contributed by atoms with Crippen LogP contribution in [-0.4, -0.2) is 77.2 Å². The molecule has 2 aliphatic heterocycles. The lowest BCUT2D eigenvalue weighted by atomic mass is 10.2. The molecule has 0 spiro atoms. The van der Waals surface area contributed by atoms with Gasteiger partial charge in [0.05, 0.1) is 24.2 Å². The number of nitrogens with one attached hydrogen (secondary N) is 2. The normalized spacial score (nSPS) is 15.8. The molecule has 36 heavy (non-hydrogen) atoms. The van der Waals surface area contributed by atoms with Crippen LogP contribution in [0.2, 0.25) is 0 Å². The minimum absolute atomic E-state index is 0.615. The van der Waals surface area contributed by atoms with Crippen molar-refractivity contribution in [2.24, 2.45) is 0 Å². The first kappa shape index (κ1) is 22.4. The van der Waals surface area contributed by atoms with Gasteiger partial charge < -0.3 is 34.3 Å². The number of rotatable bonds is 6. The predicted octanol–water partition coefficient (Wildman–Crippen LogP) is 3.49. The van der Waals surface area contributed by atoms with Gasteiger partial charge in [-0.1, -0.05) is 6.92 Å². The van der Waals surface area contributed by atoms with Crippen LogP contribution in [0.25, 0.3) is 16.9 Å². The maximum absolute atomic E-state index is 5.78. The Kier molecular flexibility index (Phi) is 5.94. The number of imidazole rings is 1. The number of hydrogen-bond donors (Lipinski definition) is 2. The van der Waals surface area contributed by atoms with Gasteiger partial charge in [-0.3, -0.25) is 0 Å². The summed E-state index contributed by atoms with van der Waals surface area (Å²) in [5.41, 5.74) is 5.29. The second-order valence-corrected chi connectivity index (χ2v) is 8.92. The molecule has 6 rings (SSSR count). The number of benzene rings is 1. The van der Waals surface area contributed by atoms with E-state index in [1.54, 1.807) is 19.5 Å². The maximum Gasteiger partial charge on any atom is 0.237 e. The highest BCUT2D eigenvalue weighted by molar-refractivity contribution is 5.77. The van der Waals surface area contributed by atoms with Crippen LogP contribution in [0.3, 0.4) is 0 Å². The molecule has 2 aliphatic rings. The van der Waals surface area contributed by atoms with Gasteiger partial charge in [0.1, 0.15) is 12.4 Å². The topological polar surface area (TPSA) is 92.1 Å². The second-order valence-electron chi connectivity index (χ2n) is 8.92. The molecule has 0 radical (unpaired) electrons. The summed E-state index contributed by atoms with van der Waals surface area (Å²) in [7, 11) is 1.72. The molecule has 0 atom stereocenters. The number of ether oxygens (including phenoxy) is 2. The van der Waals surface area contributed by atoms with Crippen LogP contribution in [0, 0.1) is 0 Å². The predicted molar refractivity (Wildman–Crippen MR) is 141 cm³/mol. The molecule has 1 aromatic carbocycles. The molecule has 0 saturated carbocycles. The van der Waals surface area contributed by atoms with E-state index >= 15 is 0 Å². The van der Waals surface area contributed by atoms with Crippen molar-refractivity contribution in [3.05, 3.63) is 49.1 Å². The lowest BCUT2D eigenvalue weighted by Gasteiger charge is -2.36. The average Bonchev–Trinajstić information content (AvgIpc) is 3.42. The zero-order valence-electron chi connectivity index (χ0n) is 20.6. The van der Waals surface area contributed by atoms with Crippen LogP contribution in [0.1, 0.15) is 6.92 Å². The Bertz CT molecular complexity index is 1380. The van der Waals surface area contributed by atoms with Gasteiger partial charge >= 0.3 is 0 Å². The monoisotopic (exact) mass is 486 g/mol. The Hall–Kier alpha value is -4.05. The first-order valence-electron chi connectivity index (χ1n) is 12.3. The number of methoxy groups -OCH3 is 1. The third-order valence-electron chi connectivity index (χ3n) is 6.78. The average molecular weight is 487 g/mol. The Labute approximate surface area is 209 Å². The Balaban J connectivity index is 1.30. The van der Waals surface area contributed by atoms with Gasteiger partial charge in [0.25, 0.3) is 0 Å². The molecule has 10 heteroatoms. The summed E-state index contributed by atoms with van der Waals surface area (Å²) in [6.07, 6.45) is 7.43. The van der Waals surface area contributed by atoms with E-state index in [1.165, 1.54) is 0 Å².